The Hall–Kier alpha value is -2.30. The van der Waals surface area contributed by atoms with Gasteiger partial charge in [-0.25, -0.2) is 4.68 Å². The Kier molecular flexibility index (Phi) is 2.91. The number of para-hydroxylation sites is 1. The van der Waals surface area contributed by atoms with Crippen LogP contribution in [0.5, 0.6) is 5.75 Å². The molecule has 0 amide bonds. The highest BCUT2D eigenvalue weighted by Crippen LogP contribution is 2.34. The first-order valence-corrected chi connectivity index (χ1v) is 7.38. The van der Waals surface area contributed by atoms with Gasteiger partial charge >= 0.3 is 0 Å². The zero-order valence-electron chi connectivity index (χ0n) is 11.7. The van der Waals surface area contributed by atoms with Crippen LogP contribution in [0.1, 0.15) is 23.6 Å². The zero-order chi connectivity index (χ0) is 14.2. The lowest BCUT2D eigenvalue weighted by molar-refractivity contribution is 0.312. The molecule has 108 valence electrons. The van der Waals surface area contributed by atoms with Gasteiger partial charge in [0.2, 0.25) is 0 Å². The summed E-state index contributed by atoms with van der Waals surface area (Å²) in [5, 5.41) is 7.77. The first kappa shape index (κ1) is 12.4. The van der Waals surface area contributed by atoms with Crippen molar-refractivity contribution in [3.63, 3.8) is 0 Å². The van der Waals surface area contributed by atoms with Gasteiger partial charge in [0.15, 0.2) is 0 Å². The summed E-state index contributed by atoms with van der Waals surface area (Å²) in [6, 6.07) is 9.69. The molecule has 0 bridgehead atoms. The summed E-state index contributed by atoms with van der Waals surface area (Å²) in [7, 11) is 0. The predicted octanol–water partition coefficient (Wildman–Crippen LogP) is 1.78. The molecule has 0 fully saturated rings. The molecule has 2 aliphatic rings. The minimum atomic E-state index is -0.0486. The number of anilines is 1. The standard InChI is InChI=1S/C16H17N3O2/c20-16-8-14-13(5-3-7-17-14)18-19(16)9-11-10-21-15-6-2-1-4-12(11)15/h1-2,4,6,8,11,17H,3,5,7,9-10H2. The Morgan fingerprint density at radius 3 is 3.24 bits per heavy atom. The lowest BCUT2D eigenvalue weighted by Crippen LogP contribution is -2.29. The van der Waals surface area contributed by atoms with Crippen LogP contribution < -0.4 is 15.6 Å². The molecule has 4 rings (SSSR count). The monoisotopic (exact) mass is 283 g/mol. The summed E-state index contributed by atoms with van der Waals surface area (Å²) in [5.74, 6) is 1.12. The Labute approximate surface area is 122 Å². The van der Waals surface area contributed by atoms with Crippen LogP contribution >= 0.6 is 0 Å². The van der Waals surface area contributed by atoms with Crippen molar-refractivity contribution >= 4 is 5.69 Å². The average Bonchev–Trinajstić information content (AvgIpc) is 2.91. The highest BCUT2D eigenvalue weighted by molar-refractivity contribution is 5.48. The van der Waals surface area contributed by atoms with E-state index in [4.69, 9.17) is 4.74 Å². The SMILES string of the molecule is O=c1cc2c(nn1CC1COc3ccccc31)CCCN2. The number of aryl methyl sites for hydroxylation is 1. The maximum atomic E-state index is 12.2. The fourth-order valence-electron chi connectivity index (χ4n) is 3.07. The van der Waals surface area contributed by atoms with Gasteiger partial charge in [0.1, 0.15) is 5.75 Å². The van der Waals surface area contributed by atoms with Crippen molar-refractivity contribution in [3.8, 4) is 5.75 Å². The van der Waals surface area contributed by atoms with E-state index in [0.717, 1.165) is 36.5 Å². The molecule has 0 radical (unpaired) electrons. The van der Waals surface area contributed by atoms with E-state index in [-0.39, 0.29) is 11.5 Å². The van der Waals surface area contributed by atoms with Gasteiger partial charge in [0, 0.05) is 24.1 Å². The van der Waals surface area contributed by atoms with Crippen molar-refractivity contribution < 1.29 is 4.74 Å². The lowest BCUT2D eigenvalue weighted by Gasteiger charge is -2.18. The Morgan fingerprint density at radius 1 is 1.38 bits per heavy atom. The molecule has 1 unspecified atom stereocenters. The van der Waals surface area contributed by atoms with Crippen molar-refractivity contribution in [2.75, 3.05) is 18.5 Å². The summed E-state index contributed by atoms with van der Waals surface area (Å²) < 4.78 is 7.27. The van der Waals surface area contributed by atoms with Gasteiger partial charge < -0.3 is 10.1 Å². The molecule has 0 spiro atoms. The van der Waals surface area contributed by atoms with Gasteiger partial charge in [-0.05, 0) is 18.9 Å². The van der Waals surface area contributed by atoms with Crippen molar-refractivity contribution in [2.24, 2.45) is 0 Å². The molecule has 2 aliphatic heterocycles. The van der Waals surface area contributed by atoms with E-state index in [1.54, 1.807) is 10.7 Å². The molecular formula is C16H17N3O2. The molecule has 0 saturated heterocycles. The molecule has 1 aromatic heterocycles. The van der Waals surface area contributed by atoms with Crippen molar-refractivity contribution in [2.45, 2.75) is 25.3 Å². The smallest absolute Gasteiger partial charge is 0.268 e. The normalized spacial score (nSPS) is 19.3. The maximum Gasteiger partial charge on any atom is 0.268 e. The van der Waals surface area contributed by atoms with Gasteiger partial charge in [0.05, 0.1) is 24.5 Å². The largest absolute Gasteiger partial charge is 0.493 e. The third-order valence-electron chi connectivity index (χ3n) is 4.17. The molecule has 0 aliphatic carbocycles. The molecule has 5 nitrogen and oxygen atoms in total. The fraction of sp³-hybridized carbons (Fsp3) is 0.375. The van der Waals surface area contributed by atoms with E-state index in [1.165, 1.54) is 5.56 Å². The van der Waals surface area contributed by atoms with Crippen LogP contribution in [-0.4, -0.2) is 22.9 Å². The van der Waals surface area contributed by atoms with Crippen LogP contribution in [0, 0.1) is 0 Å². The van der Waals surface area contributed by atoms with Crippen LogP contribution in [0.15, 0.2) is 35.1 Å². The highest BCUT2D eigenvalue weighted by Gasteiger charge is 2.25. The minimum Gasteiger partial charge on any atom is -0.493 e. The van der Waals surface area contributed by atoms with Crippen molar-refractivity contribution in [1.29, 1.82) is 0 Å². The molecule has 2 aromatic rings. The van der Waals surface area contributed by atoms with Gasteiger partial charge in [-0.3, -0.25) is 4.79 Å². The van der Waals surface area contributed by atoms with E-state index in [0.29, 0.717) is 13.2 Å². The second kappa shape index (κ2) is 4.91. The summed E-state index contributed by atoms with van der Waals surface area (Å²) >= 11 is 0. The number of ether oxygens (including phenoxy) is 1. The van der Waals surface area contributed by atoms with Crippen LogP contribution in [-0.2, 0) is 13.0 Å². The number of fused-ring (bicyclic) bond motifs is 2. The molecule has 0 saturated carbocycles. The average molecular weight is 283 g/mol. The fourth-order valence-corrected chi connectivity index (χ4v) is 3.07. The quantitative estimate of drug-likeness (QED) is 0.912. The molecule has 1 N–H and O–H groups in total. The number of nitrogens with zero attached hydrogens (tertiary/aromatic N) is 2. The minimum absolute atomic E-state index is 0.0486. The van der Waals surface area contributed by atoms with Crippen molar-refractivity contribution in [3.05, 3.63) is 51.9 Å². The van der Waals surface area contributed by atoms with Gasteiger partial charge in [-0.1, -0.05) is 18.2 Å². The van der Waals surface area contributed by atoms with Crippen LogP contribution in [0.2, 0.25) is 0 Å². The zero-order valence-corrected chi connectivity index (χ0v) is 11.7. The second-order valence-corrected chi connectivity index (χ2v) is 5.60. The van der Waals surface area contributed by atoms with Gasteiger partial charge in [0.25, 0.3) is 5.56 Å². The molecule has 1 aromatic carbocycles. The summed E-state index contributed by atoms with van der Waals surface area (Å²) in [6.07, 6.45) is 1.99. The van der Waals surface area contributed by atoms with Crippen LogP contribution in [0.3, 0.4) is 0 Å². The molecule has 1 atom stereocenters. The van der Waals surface area contributed by atoms with E-state index in [1.807, 2.05) is 18.2 Å². The lowest BCUT2D eigenvalue weighted by atomic mass is 10.0. The van der Waals surface area contributed by atoms with E-state index in [2.05, 4.69) is 16.5 Å². The second-order valence-electron chi connectivity index (χ2n) is 5.60. The number of aromatic nitrogens is 2. The molecular weight excluding hydrogens is 266 g/mol. The van der Waals surface area contributed by atoms with Crippen LogP contribution in [0.25, 0.3) is 0 Å². The Morgan fingerprint density at radius 2 is 2.29 bits per heavy atom. The molecule has 3 heterocycles. The first-order valence-electron chi connectivity index (χ1n) is 7.38. The molecule has 21 heavy (non-hydrogen) atoms. The van der Waals surface area contributed by atoms with E-state index in [9.17, 15) is 4.79 Å². The van der Waals surface area contributed by atoms with Gasteiger partial charge in [-0.2, -0.15) is 5.10 Å². The number of rotatable bonds is 2. The maximum absolute atomic E-state index is 12.2. The van der Waals surface area contributed by atoms with Crippen LogP contribution in [0.4, 0.5) is 5.69 Å². The summed E-state index contributed by atoms with van der Waals surface area (Å²) in [4.78, 5) is 12.2. The number of nitrogens with one attached hydrogen (secondary N) is 1. The number of hydrogen-bond donors (Lipinski definition) is 1. The number of benzene rings is 1. The third-order valence-corrected chi connectivity index (χ3v) is 4.17. The molecule has 5 heteroatoms. The highest BCUT2D eigenvalue weighted by atomic mass is 16.5. The Bertz CT molecular complexity index is 739. The Balaban J connectivity index is 1.65. The van der Waals surface area contributed by atoms with E-state index < -0.39 is 0 Å². The summed E-state index contributed by atoms with van der Waals surface area (Å²) in [6.45, 7) is 2.11. The summed E-state index contributed by atoms with van der Waals surface area (Å²) in [5.41, 5.74) is 3.01. The predicted molar refractivity (Wildman–Crippen MR) is 80.0 cm³/mol. The van der Waals surface area contributed by atoms with Crippen molar-refractivity contribution in [1.82, 2.24) is 9.78 Å². The number of hydrogen-bond acceptors (Lipinski definition) is 4. The topological polar surface area (TPSA) is 56.2 Å². The van der Waals surface area contributed by atoms with E-state index >= 15 is 0 Å². The third kappa shape index (κ3) is 2.18. The van der Waals surface area contributed by atoms with Gasteiger partial charge in [-0.15, -0.1) is 0 Å². The first-order chi connectivity index (χ1) is 10.3.